The van der Waals surface area contributed by atoms with E-state index in [-0.39, 0.29) is 11.9 Å². The predicted octanol–water partition coefficient (Wildman–Crippen LogP) is 4.75. The summed E-state index contributed by atoms with van der Waals surface area (Å²) in [6.45, 7) is 2.83. The Labute approximate surface area is 179 Å². The van der Waals surface area contributed by atoms with Gasteiger partial charge in [-0.05, 0) is 59.4 Å². The summed E-state index contributed by atoms with van der Waals surface area (Å²) in [5, 5.41) is 0. The van der Waals surface area contributed by atoms with Crippen LogP contribution in [-0.4, -0.2) is 35.1 Å². The van der Waals surface area contributed by atoms with Crippen LogP contribution in [0.1, 0.15) is 27.6 Å². The number of hydrogen-bond donors (Lipinski definition) is 0. The third kappa shape index (κ3) is 4.56. The molecule has 1 amide bonds. The molecule has 0 saturated heterocycles. The Balaban J connectivity index is 2.10. The maximum atomic E-state index is 12.7. The van der Waals surface area contributed by atoms with Gasteiger partial charge in [0.2, 0.25) is 0 Å². The van der Waals surface area contributed by atoms with E-state index in [9.17, 15) is 9.59 Å². The summed E-state index contributed by atoms with van der Waals surface area (Å²) in [6.07, 6.45) is 2.04. The number of thiazole rings is 1. The molecule has 1 heterocycles. The lowest BCUT2D eigenvalue weighted by Gasteiger charge is -2.05. The van der Waals surface area contributed by atoms with E-state index in [4.69, 9.17) is 4.74 Å². The summed E-state index contributed by atoms with van der Waals surface area (Å²) < 4.78 is 8.72. The molecule has 0 unspecified atom stereocenters. The molecule has 3 aromatic rings. The Morgan fingerprint density at radius 1 is 1.25 bits per heavy atom. The van der Waals surface area contributed by atoms with Gasteiger partial charge in [0.15, 0.2) is 4.80 Å². The Kier molecular flexibility index (Phi) is 7.09. The van der Waals surface area contributed by atoms with Crippen molar-refractivity contribution < 1.29 is 14.3 Å². The van der Waals surface area contributed by atoms with Crippen LogP contribution in [-0.2, 0) is 11.3 Å². The summed E-state index contributed by atoms with van der Waals surface area (Å²) in [5.41, 5.74) is 1.96. The molecule has 3 rings (SSSR count). The number of amides is 1. The first-order chi connectivity index (χ1) is 13.5. The summed E-state index contributed by atoms with van der Waals surface area (Å²) in [4.78, 5) is 29.8. The van der Waals surface area contributed by atoms with E-state index in [1.54, 1.807) is 36.9 Å². The first-order valence-corrected chi connectivity index (χ1v) is 11.7. The highest BCUT2D eigenvalue weighted by atomic mass is 79.9. The van der Waals surface area contributed by atoms with Crippen molar-refractivity contribution in [2.75, 3.05) is 18.6 Å². The molecule has 5 nitrogen and oxygen atoms in total. The predicted molar refractivity (Wildman–Crippen MR) is 118 cm³/mol. The minimum Gasteiger partial charge on any atom is -0.462 e. The van der Waals surface area contributed by atoms with Crippen LogP contribution in [0.25, 0.3) is 10.2 Å². The van der Waals surface area contributed by atoms with Gasteiger partial charge in [-0.3, -0.25) is 4.79 Å². The fourth-order valence-electron chi connectivity index (χ4n) is 2.68. The molecule has 0 bridgehead atoms. The van der Waals surface area contributed by atoms with E-state index in [0.29, 0.717) is 27.0 Å². The second-order valence-electron chi connectivity index (χ2n) is 5.83. The minimum atomic E-state index is -0.351. The molecule has 8 heteroatoms. The van der Waals surface area contributed by atoms with Crippen molar-refractivity contribution in [1.29, 1.82) is 0 Å². The molecular weight excluding hydrogens is 460 g/mol. The van der Waals surface area contributed by atoms with Crippen LogP contribution in [0, 0.1) is 0 Å². The number of benzene rings is 2. The molecule has 2 aromatic carbocycles. The monoisotopic (exact) mass is 478 g/mol. The van der Waals surface area contributed by atoms with Crippen molar-refractivity contribution in [3.05, 3.63) is 62.9 Å². The molecule has 0 atom stereocenters. The van der Waals surface area contributed by atoms with Gasteiger partial charge in [0.1, 0.15) is 0 Å². The van der Waals surface area contributed by atoms with Crippen LogP contribution in [0.3, 0.4) is 0 Å². The summed E-state index contributed by atoms with van der Waals surface area (Å²) >= 11 is 6.53. The SMILES string of the molecule is CCOC(=O)c1ccc2c(c1)sc(=NC(=O)c1ccccc1Br)n2CCSC. The number of thioether (sulfide) groups is 1. The van der Waals surface area contributed by atoms with E-state index >= 15 is 0 Å². The van der Waals surface area contributed by atoms with Crippen molar-refractivity contribution in [1.82, 2.24) is 4.57 Å². The quantitative estimate of drug-likeness (QED) is 0.479. The van der Waals surface area contributed by atoms with Gasteiger partial charge in [-0.25, -0.2) is 4.79 Å². The van der Waals surface area contributed by atoms with E-state index in [2.05, 4.69) is 20.9 Å². The number of halogens is 1. The van der Waals surface area contributed by atoms with Gasteiger partial charge in [0.25, 0.3) is 5.91 Å². The second kappa shape index (κ2) is 9.54. The van der Waals surface area contributed by atoms with Crippen LogP contribution in [0.5, 0.6) is 0 Å². The second-order valence-corrected chi connectivity index (χ2v) is 8.68. The first kappa shape index (κ1) is 20.8. The molecule has 0 N–H and O–H groups in total. The molecule has 0 saturated carbocycles. The van der Waals surface area contributed by atoms with Gasteiger partial charge < -0.3 is 9.30 Å². The lowest BCUT2D eigenvalue weighted by Crippen LogP contribution is -2.18. The molecule has 0 aliphatic rings. The molecule has 0 fully saturated rings. The molecule has 0 aliphatic heterocycles. The van der Waals surface area contributed by atoms with Crippen molar-refractivity contribution in [3.63, 3.8) is 0 Å². The zero-order chi connectivity index (χ0) is 20.1. The molecule has 28 heavy (non-hydrogen) atoms. The Morgan fingerprint density at radius 3 is 2.75 bits per heavy atom. The smallest absolute Gasteiger partial charge is 0.338 e. The summed E-state index contributed by atoms with van der Waals surface area (Å²) in [6, 6.07) is 12.7. The standard InChI is InChI=1S/C20H19BrN2O3S2/c1-3-26-19(25)13-8-9-16-17(12-13)28-20(23(16)10-11-27-2)22-18(24)14-6-4-5-7-15(14)21/h4-9,12H,3,10-11H2,1-2H3. The molecule has 0 aliphatic carbocycles. The van der Waals surface area contributed by atoms with Crippen molar-refractivity contribution in [2.45, 2.75) is 13.5 Å². The lowest BCUT2D eigenvalue weighted by atomic mass is 10.2. The van der Waals surface area contributed by atoms with Crippen molar-refractivity contribution in [2.24, 2.45) is 4.99 Å². The van der Waals surface area contributed by atoms with Gasteiger partial charge in [-0.1, -0.05) is 23.5 Å². The number of aryl methyl sites for hydroxylation is 1. The molecule has 1 aromatic heterocycles. The number of carbonyl (C=O) groups is 2. The van der Waals surface area contributed by atoms with Crippen LogP contribution in [0.2, 0.25) is 0 Å². The Bertz CT molecular complexity index is 1090. The summed E-state index contributed by atoms with van der Waals surface area (Å²) in [7, 11) is 0. The van der Waals surface area contributed by atoms with Crippen LogP contribution in [0.15, 0.2) is 51.9 Å². The van der Waals surface area contributed by atoms with Gasteiger partial charge in [-0.15, -0.1) is 0 Å². The van der Waals surface area contributed by atoms with E-state index in [1.165, 1.54) is 11.3 Å². The summed E-state index contributed by atoms with van der Waals surface area (Å²) in [5.74, 6) is 0.237. The lowest BCUT2D eigenvalue weighted by molar-refractivity contribution is 0.0526. The number of ether oxygens (including phenoxy) is 1. The van der Waals surface area contributed by atoms with E-state index < -0.39 is 0 Å². The van der Waals surface area contributed by atoms with Crippen LogP contribution < -0.4 is 4.80 Å². The number of aromatic nitrogens is 1. The molecule has 0 radical (unpaired) electrons. The minimum absolute atomic E-state index is 0.303. The number of esters is 1. The van der Waals surface area contributed by atoms with Gasteiger partial charge in [-0.2, -0.15) is 16.8 Å². The largest absolute Gasteiger partial charge is 0.462 e. The average Bonchev–Trinajstić information content (AvgIpc) is 3.02. The number of hydrogen-bond acceptors (Lipinski definition) is 5. The zero-order valence-corrected chi connectivity index (χ0v) is 18.7. The van der Waals surface area contributed by atoms with Crippen LogP contribution >= 0.6 is 39.0 Å². The maximum absolute atomic E-state index is 12.7. The Hall–Kier alpha value is -1.90. The number of rotatable bonds is 6. The normalized spacial score (nSPS) is 11.8. The fraction of sp³-hybridized carbons (Fsp3) is 0.250. The third-order valence-corrected chi connectivity index (χ3v) is 6.34. The van der Waals surface area contributed by atoms with Crippen molar-refractivity contribution >= 4 is 61.1 Å². The first-order valence-electron chi connectivity index (χ1n) is 8.68. The van der Waals surface area contributed by atoms with E-state index in [0.717, 1.165) is 22.5 Å². The third-order valence-electron chi connectivity index (χ3n) is 4.01. The van der Waals surface area contributed by atoms with Gasteiger partial charge in [0, 0.05) is 16.8 Å². The van der Waals surface area contributed by atoms with Crippen molar-refractivity contribution in [3.8, 4) is 0 Å². The number of nitrogens with zero attached hydrogens (tertiary/aromatic N) is 2. The highest BCUT2D eigenvalue weighted by molar-refractivity contribution is 9.10. The number of carbonyl (C=O) groups excluding carboxylic acids is 2. The highest BCUT2D eigenvalue weighted by Gasteiger charge is 2.14. The topological polar surface area (TPSA) is 60.7 Å². The molecule has 0 spiro atoms. The maximum Gasteiger partial charge on any atom is 0.338 e. The fourth-order valence-corrected chi connectivity index (χ4v) is 4.59. The highest BCUT2D eigenvalue weighted by Crippen LogP contribution is 2.21. The number of fused-ring (bicyclic) bond motifs is 1. The molecular formula is C20H19BrN2O3S2. The van der Waals surface area contributed by atoms with Gasteiger partial charge in [0.05, 0.1) is 28.0 Å². The van der Waals surface area contributed by atoms with Gasteiger partial charge >= 0.3 is 5.97 Å². The molecule has 146 valence electrons. The Morgan fingerprint density at radius 2 is 2.04 bits per heavy atom. The van der Waals surface area contributed by atoms with Crippen LogP contribution in [0.4, 0.5) is 0 Å². The zero-order valence-electron chi connectivity index (χ0n) is 15.5. The van der Waals surface area contributed by atoms with E-state index in [1.807, 2.05) is 35.1 Å². The average molecular weight is 479 g/mol.